The number of carbonyl (C=O) groups is 1. The number of aromatic nitrogens is 1. The molecule has 1 aliphatic heterocycles. The van der Waals surface area contributed by atoms with E-state index in [4.69, 9.17) is 12.2 Å². The minimum atomic E-state index is -0.400. The highest BCUT2D eigenvalue weighted by molar-refractivity contribution is 8.26. The van der Waals surface area contributed by atoms with Gasteiger partial charge in [-0.2, -0.15) is 0 Å². The average molecular weight is 452 g/mol. The molecule has 8 heteroatoms. The van der Waals surface area contributed by atoms with Gasteiger partial charge >= 0.3 is 0 Å². The van der Waals surface area contributed by atoms with Gasteiger partial charge in [-0.05, 0) is 23.6 Å². The number of hydrogen-bond donors (Lipinski definition) is 0. The maximum absolute atomic E-state index is 12.9. The van der Waals surface area contributed by atoms with Crippen LogP contribution in [0.15, 0.2) is 59.6 Å². The number of rotatable bonds is 6. The summed E-state index contributed by atoms with van der Waals surface area (Å²) in [6, 6.07) is 14.6. The van der Waals surface area contributed by atoms with Gasteiger partial charge < -0.3 is 4.57 Å². The molecule has 6 nitrogen and oxygen atoms in total. The summed E-state index contributed by atoms with van der Waals surface area (Å²) in [5.74, 6) is 0.293. The summed E-state index contributed by atoms with van der Waals surface area (Å²) in [7, 11) is 0. The maximum atomic E-state index is 12.9. The van der Waals surface area contributed by atoms with Crippen LogP contribution < -0.4 is 0 Å². The fraction of sp³-hybridized carbons (Fsp3) is 0.217. The lowest BCUT2D eigenvalue weighted by atomic mass is 10.1. The largest absolute Gasteiger partial charge is 0.342 e. The first kappa shape index (κ1) is 21.3. The van der Waals surface area contributed by atoms with Crippen LogP contribution in [-0.4, -0.2) is 31.2 Å². The molecular formula is C23H21N3O3S2. The van der Waals surface area contributed by atoms with Gasteiger partial charge in [-0.1, -0.05) is 68.2 Å². The van der Waals surface area contributed by atoms with Crippen LogP contribution in [0.4, 0.5) is 5.69 Å². The van der Waals surface area contributed by atoms with Crippen LogP contribution in [0.1, 0.15) is 25.0 Å². The quantitative estimate of drug-likeness (QED) is 0.216. The molecule has 2 aromatic carbocycles. The first-order chi connectivity index (χ1) is 14.8. The Bertz CT molecular complexity index is 1210. The Labute approximate surface area is 189 Å². The Morgan fingerprint density at radius 2 is 1.87 bits per heavy atom. The summed E-state index contributed by atoms with van der Waals surface area (Å²) < 4.78 is 2.69. The van der Waals surface area contributed by atoms with Crippen molar-refractivity contribution in [2.24, 2.45) is 5.92 Å². The number of para-hydroxylation sites is 1. The van der Waals surface area contributed by atoms with Gasteiger partial charge in [0.15, 0.2) is 0 Å². The Hall–Kier alpha value is -2.97. The fourth-order valence-corrected chi connectivity index (χ4v) is 4.87. The van der Waals surface area contributed by atoms with Crippen molar-refractivity contribution in [3.63, 3.8) is 0 Å². The Kier molecular flexibility index (Phi) is 5.93. The van der Waals surface area contributed by atoms with Crippen LogP contribution in [0.25, 0.3) is 17.0 Å². The molecule has 0 radical (unpaired) electrons. The minimum absolute atomic E-state index is 0.0455. The van der Waals surface area contributed by atoms with E-state index in [1.54, 1.807) is 17.0 Å². The van der Waals surface area contributed by atoms with Gasteiger partial charge in [0.1, 0.15) is 4.32 Å². The van der Waals surface area contributed by atoms with Crippen LogP contribution in [-0.2, 0) is 11.3 Å². The van der Waals surface area contributed by atoms with Gasteiger partial charge in [0, 0.05) is 47.9 Å². The highest BCUT2D eigenvalue weighted by atomic mass is 32.2. The molecule has 1 amide bonds. The van der Waals surface area contributed by atoms with E-state index in [0.29, 0.717) is 28.2 Å². The van der Waals surface area contributed by atoms with Crippen molar-refractivity contribution in [2.45, 2.75) is 20.4 Å². The van der Waals surface area contributed by atoms with Crippen LogP contribution in [0, 0.1) is 16.0 Å². The monoisotopic (exact) mass is 451 g/mol. The van der Waals surface area contributed by atoms with Crippen LogP contribution in [0.2, 0.25) is 0 Å². The summed E-state index contributed by atoms with van der Waals surface area (Å²) in [4.78, 5) is 25.7. The standard InChI is InChI=1S/C23H21N3O3S2/c1-15(2)12-25-22(27)21(31-23(25)30)11-17-14-24(20-6-4-3-5-19(17)20)13-16-7-9-18(10-8-16)26(28)29/h3-11,14-15H,12-13H2,1-2H3/b21-11-. The molecule has 3 aromatic rings. The predicted molar refractivity (Wildman–Crippen MR) is 129 cm³/mol. The van der Waals surface area contributed by atoms with Crippen molar-refractivity contribution in [1.82, 2.24) is 9.47 Å². The molecule has 0 bridgehead atoms. The predicted octanol–water partition coefficient (Wildman–Crippen LogP) is 5.46. The molecule has 0 saturated carbocycles. The number of non-ortho nitro benzene ring substituents is 1. The highest BCUT2D eigenvalue weighted by Gasteiger charge is 2.32. The lowest BCUT2D eigenvalue weighted by Gasteiger charge is -2.16. The molecule has 1 aromatic heterocycles. The second kappa shape index (κ2) is 8.64. The van der Waals surface area contributed by atoms with Crippen LogP contribution >= 0.6 is 24.0 Å². The zero-order valence-electron chi connectivity index (χ0n) is 17.1. The number of fused-ring (bicyclic) bond motifs is 1. The summed E-state index contributed by atoms with van der Waals surface area (Å²) >= 11 is 6.76. The topological polar surface area (TPSA) is 68.4 Å². The third-order valence-electron chi connectivity index (χ3n) is 5.03. The number of thioether (sulfide) groups is 1. The van der Waals surface area contributed by atoms with Gasteiger partial charge in [-0.25, -0.2) is 0 Å². The lowest BCUT2D eigenvalue weighted by Crippen LogP contribution is -2.31. The zero-order valence-corrected chi connectivity index (χ0v) is 18.8. The Morgan fingerprint density at radius 1 is 1.16 bits per heavy atom. The molecule has 158 valence electrons. The smallest absolute Gasteiger partial charge is 0.269 e. The number of nitro benzene ring substituents is 1. The van der Waals surface area contributed by atoms with E-state index >= 15 is 0 Å². The molecule has 4 rings (SSSR count). The number of hydrogen-bond acceptors (Lipinski definition) is 5. The number of carbonyl (C=O) groups excluding carboxylic acids is 1. The van der Waals surface area contributed by atoms with Gasteiger partial charge in [-0.3, -0.25) is 19.8 Å². The molecular weight excluding hydrogens is 430 g/mol. The van der Waals surface area contributed by atoms with Crippen molar-refractivity contribution < 1.29 is 9.72 Å². The van der Waals surface area contributed by atoms with Crippen molar-refractivity contribution >= 4 is 56.9 Å². The molecule has 0 atom stereocenters. The molecule has 2 heterocycles. The molecule has 0 aliphatic carbocycles. The van der Waals surface area contributed by atoms with Gasteiger partial charge in [0.05, 0.1) is 9.83 Å². The minimum Gasteiger partial charge on any atom is -0.342 e. The van der Waals surface area contributed by atoms with E-state index in [1.165, 1.54) is 23.9 Å². The number of thiocarbonyl (C=S) groups is 1. The summed E-state index contributed by atoms with van der Waals surface area (Å²) in [5, 5.41) is 11.9. The van der Waals surface area contributed by atoms with Gasteiger partial charge in [0.25, 0.3) is 11.6 Å². The molecule has 1 saturated heterocycles. The van der Waals surface area contributed by atoms with E-state index in [9.17, 15) is 14.9 Å². The third kappa shape index (κ3) is 4.40. The third-order valence-corrected chi connectivity index (χ3v) is 6.41. The lowest BCUT2D eigenvalue weighted by molar-refractivity contribution is -0.384. The van der Waals surface area contributed by atoms with Gasteiger partial charge in [-0.15, -0.1) is 0 Å². The molecule has 0 N–H and O–H groups in total. The van der Waals surface area contributed by atoms with Crippen molar-refractivity contribution in [3.8, 4) is 0 Å². The van der Waals surface area contributed by atoms with E-state index < -0.39 is 4.92 Å². The zero-order chi connectivity index (χ0) is 22.1. The van der Waals surface area contributed by atoms with E-state index in [2.05, 4.69) is 18.4 Å². The maximum Gasteiger partial charge on any atom is 0.269 e. The normalized spacial score (nSPS) is 15.6. The fourth-order valence-electron chi connectivity index (χ4n) is 3.60. The second-order valence-corrected chi connectivity index (χ2v) is 9.51. The van der Waals surface area contributed by atoms with E-state index in [0.717, 1.165) is 22.0 Å². The number of nitro groups is 1. The van der Waals surface area contributed by atoms with Crippen LogP contribution in [0.3, 0.4) is 0 Å². The van der Waals surface area contributed by atoms with Crippen molar-refractivity contribution in [3.05, 3.63) is 80.9 Å². The number of benzene rings is 2. The Balaban J connectivity index is 1.67. The molecule has 0 unspecified atom stereocenters. The van der Waals surface area contributed by atoms with Gasteiger partial charge in [0.2, 0.25) is 0 Å². The first-order valence-electron chi connectivity index (χ1n) is 9.90. The number of nitrogens with zero attached hydrogens (tertiary/aromatic N) is 3. The summed E-state index contributed by atoms with van der Waals surface area (Å²) in [6.07, 6.45) is 3.93. The average Bonchev–Trinajstić information content (AvgIpc) is 3.20. The second-order valence-electron chi connectivity index (χ2n) is 7.84. The molecule has 1 aliphatic rings. The molecule has 0 spiro atoms. The summed E-state index contributed by atoms with van der Waals surface area (Å²) in [6.45, 7) is 5.31. The number of amides is 1. The molecule has 1 fully saturated rings. The van der Waals surface area contributed by atoms with Crippen molar-refractivity contribution in [1.29, 1.82) is 0 Å². The first-order valence-corrected chi connectivity index (χ1v) is 11.1. The highest BCUT2D eigenvalue weighted by Crippen LogP contribution is 2.35. The summed E-state index contributed by atoms with van der Waals surface area (Å²) in [5.41, 5.74) is 3.01. The van der Waals surface area contributed by atoms with Crippen molar-refractivity contribution in [2.75, 3.05) is 6.54 Å². The van der Waals surface area contributed by atoms with E-state index in [1.807, 2.05) is 36.5 Å². The van der Waals surface area contributed by atoms with E-state index in [-0.39, 0.29) is 11.6 Å². The molecule has 31 heavy (non-hydrogen) atoms. The van der Waals surface area contributed by atoms with Crippen LogP contribution in [0.5, 0.6) is 0 Å². The Morgan fingerprint density at radius 3 is 2.55 bits per heavy atom. The SMILES string of the molecule is CC(C)CN1C(=O)/C(=C/c2cn(Cc3ccc([N+](=O)[O-])cc3)c3ccccc23)SC1=S.